The molecule has 17 heavy (non-hydrogen) atoms. The SMILES string of the molecule is CCN(CCNC(=O)C(=O)NCCN)C1CC1. The maximum Gasteiger partial charge on any atom is 0.309 e. The van der Waals surface area contributed by atoms with Gasteiger partial charge in [-0.25, -0.2) is 0 Å². The lowest BCUT2D eigenvalue weighted by Gasteiger charge is -2.19. The summed E-state index contributed by atoms with van der Waals surface area (Å²) < 4.78 is 0. The number of carbonyl (C=O) groups is 2. The van der Waals surface area contributed by atoms with Crippen LogP contribution >= 0.6 is 0 Å². The molecule has 1 rings (SSSR count). The number of likely N-dealkylation sites (N-methyl/N-ethyl adjacent to an activating group) is 1. The van der Waals surface area contributed by atoms with Crippen molar-refractivity contribution >= 4 is 11.8 Å². The van der Waals surface area contributed by atoms with E-state index in [1.807, 2.05) is 0 Å². The van der Waals surface area contributed by atoms with Gasteiger partial charge in [0, 0.05) is 32.2 Å². The van der Waals surface area contributed by atoms with Crippen molar-refractivity contribution in [1.82, 2.24) is 15.5 Å². The Morgan fingerprint density at radius 3 is 2.29 bits per heavy atom. The standard InChI is InChI=1S/C11H22N4O2/c1-2-15(9-3-4-9)8-7-14-11(17)10(16)13-6-5-12/h9H,2-8,12H2,1H3,(H,13,16)(H,14,17). The second kappa shape index (κ2) is 7.24. The van der Waals surface area contributed by atoms with Crippen LogP contribution in [0.3, 0.4) is 0 Å². The molecule has 1 aliphatic rings. The minimum atomic E-state index is -0.607. The Balaban J connectivity index is 2.12. The fourth-order valence-electron chi connectivity index (χ4n) is 1.70. The van der Waals surface area contributed by atoms with Crippen LogP contribution in [-0.2, 0) is 9.59 Å². The highest BCUT2D eigenvalue weighted by atomic mass is 16.2. The van der Waals surface area contributed by atoms with Gasteiger partial charge >= 0.3 is 11.8 Å². The molecule has 0 atom stereocenters. The first-order valence-corrected chi connectivity index (χ1v) is 6.19. The fourth-order valence-corrected chi connectivity index (χ4v) is 1.70. The van der Waals surface area contributed by atoms with E-state index < -0.39 is 11.8 Å². The molecule has 0 saturated heterocycles. The predicted molar refractivity (Wildman–Crippen MR) is 65.3 cm³/mol. The molecule has 0 heterocycles. The zero-order chi connectivity index (χ0) is 12.7. The molecule has 0 spiro atoms. The number of rotatable bonds is 7. The third kappa shape index (κ3) is 5.14. The van der Waals surface area contributed by atoms with Crippen molar-refractivity contribution in [2.75, 3.05) is 32.7 Å². The molecule has 0 bridgehead atoms. The Morgan fingerprint density at radius 1 is 1.24 bits per heavy atom. The van der Waals surface area contributed by atoms with Crippen LogP contribution in [0.4, 0.5) is 0 Å². The number of hydrogen-bond donors (Lipinski definition) is 3. The Hall–Kier alpha value is -1.14. The van der Waals surface area contributed by atoms with Crippen LogP contribution < -0.4 is 16.4 Å². The van der Waals surface area contributed by atoms with Crippen LogP contribution in [-0.4, -0.2) is 55.5 Å². The molecule has 6 nitrogen and oxygen atoms in total. The molecule has 98 valence electrons. The first-order chi connectivity index (χ1) is 8.19. The third-order valence-electron chi connectivity index (χ3n) is 2.79. The normalized spacial score (nSPS) is 14.8. The molecular weight excluding hydrogens is 220 g/mol. The molecule has 1 aliphatic carbocycles. The summed E-state index contributed by atoms with van der Waals surface area (Å²) >= 11 is 0. The van der Waals surface area contributed by atoms with Gasteiger partial charge in [-0.2, -0.15) is 0 Å². The summed E-state index contributed by atoms with van der Waals surface area (Å²) in [4.78, 5) is 24.8. The molecule has 0 aliphatic heterocycles. The maximum absolute atomic E-state index is 11.3. The van der Waals surface area contributed by atoms with E-state index in [0.29, 0.717) is 25.7 Å². The molecule has 1 saturated carbocycles. The van der Waals surface area contributed by atoms with Crippen LogP contribution in [0.5, 0.6) is 0 Å². The third-order valence-corrected chi connectivity index (χ3v) is 2.79. The molecular formula is C11H22N4O2. The number of nitrogens with zero attached hydrogens (tertiary/aromatic N) is 1. The monoisotopic (exact) mass is 242 g/mol. The van der Waals surface area contributed by atoms with Crippen molar-refractivity contribution < 1.29 is 9.59 Å². The van der Waals surface area contributed by atoms with Crippen LogP contribution in [0.2, 0.25) is 0 Å². The lowest BCUT2D eigenvalue weighted by molar-refractivity contribution is -0.139. The Labute approximate surface area is 102 Å². The molecule has 0 aromatic rings. The lowest BCUT2D eigenvalue weighted by Crippen LogP contribution is -2.44. The van der Waals surface area contributed by atoms with Gasteiger partial charge in [0.15, 0.2) is 0 Å². The van der Waals surface area contributed by atoms with E-state index in [9.17, 15) is 9.59 Å². The van der Waals surface area contributed by atoms with Gasteiger partial charge in [-0.15, -0.1) is 0 Å². The maximum atomic E-state index is 11.3. The largest absolute Gasteiger partial charge is 0.347 e. The van der Waals surface area contributed by atoms with E-state index in [-0.39, 0.29) is 0 Å². The average Bonchev–Trinajstić information content (AvgIpc) is 3.15. The summed E-state index contributed by atoms with van der Waals surface area (Å²) in [6.07, 6.45) is 2.50. The van der Waals surface area contributed by atoms with Gasteiger partial charge in [-0.1, -0.05) is 6.92 Å². The molecule has 0 aromatic heterocycles. The molecule has 0 unspecified atom stereocenters. The molecule has 0 radical (unpaired) electrons. The number of nitrogens with one attached hydrogen (secondary N) is 2. The molecule has 2 amide bonds. The van der Waals surface area contributed by atoms with Crippen molar-refractivity contribution in [1.29, 1.82) is 0 Å². The van der Waals surface area contributed by atoms with Crippen LogP contribution in [0, 0.1) is 0 Å². The van der Waals surface area contributed by atoms with E-state index in [4.69, 9.17) is 5.73 Å². The summed E-state index contributed by atoms with van der Waals surface area (Å²) in [6.45, 7) is 5.07. The van der Waals surface area contributed by atoms with Gasteiger partial charge in [-0.3, -0.25) is 14.5 Å². The van der Waals surface area contributed by atoms with E-state index >= 15 is 0 Å². The molecule has 6 heteroatoms. The Morgan fingerprint density at radius 2 is 1.82 bits per heavy atom. The van der Waals surface area contributed by atoms with Crippen LogP contribution in [0.25, 0.3) is 0 Å². The number of hydrogen-bond acceptors (Lipinski definition) is 4. The van der Waals surface area contributed by atoms with E-state index in [0.717, 1.165) is 13.1 Å². The van der Waals surface area contributed by atoms with Crippen molar-refractivity contribution in [3.05, 3.63) is 0 Å². The van der Waals surface area contributed by atoms with Crippen molar-refractivity contribution in [2.45, 2.75) is 25.8 Å². The van der Waals surface area contributed by atoms with Gasteiger partial charge in [-0.05, 0) is 19.4 Å². The Kier molecular flexibility index (Phi) is 5.93. The molecule has 0 aromatic carbocycles. The number of nitrogens with two attached hydrogens (primary N) is 1. The topological polar surface area (TPSA) is 87.5 Å². The second-order valence-electron chi connectivity index (χ2n) is 4.16. The summed E-state index contributed by atoms with van der Waals surface area (Å²) in [5.74, 6) is -1.18. The van der Waals surface area contributed by atoms with Crippen molar-refractivity contribution in [3.63, 3.8) is 0 Å². The quantitative estimate of drug-likeness (QED) is 0.482. The average molecular weight is 242 g/mol. The van der Waals surface area contributed by atoms with Gasteiger partial charge in [0.2, 0.25) is 0 Å². The van der Waals surface area contributed by atoms with Gasteiger partial charge < -0.3 is 16.4 Å². The highest BCUT2D eigenvalue weighted by molar-refractivity contribution is 6.35. The predicted octanol–water partition coefficient (Wildman–Crippen LogP) is -1.34. The summed E-state index contributed by atoms with van der Waals surface area (Å²) in [5.41, 5.74) is 5.22. The first-order valence-electron chi connectivity index (χ1n) is 6.19. The first kappa shape index (κ1) is 13.9. The van der Waals surface area contributed by atoms with Crippen molar-refractivity contribution in [3.8, 4) is 0 Å². The minimum absolute atomic E-state index is 0.329. The van der Waals surface area contributed by atoms with E-state index in [1.54, 1.807) is 0 Å². The van der Waals surface area contributed by atoms with Crippen molar-refractivity contribution in [2.24, 2.45) is 5.73 Å². The number of carbonyl (C=O) groups excluding carboxylic acids is 2. The molecule has 1 fully saturated rings. The van der Waals surface area contributed by atoms with Gasteiger partial charge in [0.25, 0.3) is 0 Å². The lowest BCUT2D eigenvalue weighted by atomic mass is 10.4. The number of amides is 2. The van der Waals surface area contributed by atoms with Gasteiger partial charge in [0.1, 0.15) is 0 Å². The molecule has 4 N–H and O–H groups in total. The highest BCUT2D eigenvalue weighted by Crippen LogP contribution is 2.25. The highest BCUT2D eigenvalue weighted by Gasteiger charge is 2.27. The van der Waals surface area contributed by atoms with E-state index in [1.165, 1.54) is 12.8 Å². The minimum Gasteiger partial charge on any atom is -0.347 e. The second-order valence-corrected chi connectivity index (χ2v) is 4.16. The van der Waals surface area contributed by atoms with E-state index in [2.05, 4.69) is 22.5 Å². The Bertz CT molecular complexity index is 266. The summed E-state index contributed by atoms with van der Waals surface area (Å²) in [5, 5.41) is 5.04. The summed E-state index contributed by atoms with van der Waals surface area (Å²) in [6, 6.07) is 0.683. The van der Waals surface area contributed by atoms with Gasteiger partial charge in [0.05, 0.1) is 0 Å². The van der Waals surface area contributed by atoms with Crippen LogP contribution in [0.15, 0.2) is 0 Å². The fraction of sp³-hybridized carbons (Fsp3) is 0.818. The zero-order valence-corrected chi connectivity index (χ0v) is 10.4. The zero-order valence-electron chi connectivity index (χ0n) is 10.4. The summed E-state index contributed by atoms with van der Waals surface area (Å²) in [7, 11) is 0. The smallest absolute Gasteiger partial charge is 0.309 e. The van der Waals surface area contributed by atoms with Crippen LogP contribution in [0.1, 0.15) is 19.8 Å².